The summed E-state index contributed by atoms with van der Waals surface area (Å²) in [4.78, 5) is 6.67. The van der Waals surface area contributed by atoms with Gasteiger partial charge in [-0.3, -0.25) is 9.88 Å². The minimum atomic E-state index is -0.178. The summed E-state index contributed by atoms with van der Waals surface area (Å²) in [7, 11) is 2.06. The van der Waals surface area contributed by atoms with Gasteiger partial charge in [0.2, 0.25) is 0 Å². The lowest BCUT2D eigenvalue weighted by Crippen LogP contribution is -2.33. The van der Waals surface area contributed by atoms with E-state index in [-0.39, 0.29) is 6.10 Å². The van der Waals surface area contributed by atoms with Crippen LogP contribution in [0.2, 0.25) is 0 Å². The molecule has 1 N–H and O–H groups in total. The van der Waals surface area contributed by atoms with Gasteiger partial charge in [0.15, 0.2) is 0 Å². The number of likely N-dealkylation sites (N-methyl/N-ethyl adjacent to an activating group) is 1. The predicted molar refractivity (Wildman–Crippen MR) is 73.3 cm³/mol. The normalized spacial score (nSPS) is 18.4. The van der Waals surface area contributed by atoms with Gasteiger partial charge in [-0.2, -0.15) is 0 Å². The highest BCUT2D eigenvalue weighted by Gasteiger charge is 2.24. The largest absolute Gasteiger partial charge is 0.392 e. The maximum absolute atomic E-state index is 10.2. The van der Waals surface area contributed by atoms with Crippen LogP contribution in [0.1, 0.15) is 37.1 Å². The van der Waals surface area contributed by atoms with Crippen LogP contribution in [0.3, 0.4) is 0 Å². The van der Waals surface area contributed by atoms with Crippen molar-refractivity contribution in [1.82, 2.24) is 9.88 Å². The Balaban J connectivity index is 1.82. The van der Waals surface area contributed by atoms with E-state index in [0.717, 1.165) is 24.5 Å². The Kier molecular flexibility index (Phi) is 4.72. The summed E-state index contributed by atoms with van der Waals surface area (Å²) in [5, 5.41) is 10.2. The van der Waals surface area contributed by atoms with Crippen LogP contribution in [0.25, 0.3) is 0 Å². The lowest BCUT2D eigenvalue weighted by Gasteiger charge is -2.24. The van der Waals surface area contributed by atoms with E-state index < -0.39 is 0 Å². The standard InChI is InChI=1S/C15H24N2O/c1-12-6-5-9-14(16-12)10-17(2)11-15(18)13-7-3-4-8-13/h5-6,9,13,15,18H,3-4,7-8,10-11H2,1-2H3. The van der Waals surface area contributed by atoms with Crippen LogP contribution in [0.5, 0.6) is 0 Å². The van der Waals surface area contributed by atoms with Crippen LogP contribution in [-0.4, -0.2) is 34.7 Å². The first kappa shape index (κ1) is 13.5. The molecule has 3 heteroatoms. The molecule has 1 heterocycles. The Labute approximate surface area is 110 Å². The number of hydrogen-bond donors (Lipinski definition) is 1. The Morgan fingerprint density at radius 3 is 2.78 bits per heavy atom. The molecule has 100 valence electrons. The van der Waals surface area contributed by atoms with Gasteiger partial charge in [-0.1, -0.05) is 18.9 Å². The molecule has 1 aromatic heterocycles. The van der Waals surface area contributed by atoms with E-state index in [0.29, 0.717) is 5.92 Å². The van der Waals surface area contributed by atoms with Gasteiger partial charge in [0.25, 0.3) is 0 Å². The second kappa shape index (κ2) is 6.30. The molecule has 0 radical (unpaired) electrons. The molecule has 2 rings (SSSR count). The van der Waals surface area contributed by atoms with E-state index in [1.165, 1.54) is 25.7 Å². The molecular weight excluding hydrogens is 224 g/mol. The van der Waals surface area contributed by atoms with Crippen molar-refractivity contribution < 1.29 is 5.11 Å². The highest BCUT2D eigenvalue weighted by Crippen LogP contribution is 2.28. The Bertz CT molecular complexity index is 375. The van der Waals surface area contributed by atoms with E-state index in [4.69, 9.17) is 0 Å². The number of aliphatic hydroxyl groups is 1. The highest BCUT2D eigenvalue weighted by atomic mass is 16.3. The molecule has 0 bridgehead atoms. The third-order valence-electron chi connectivity index (χ3n) is 3.82. The molecule has 0 saturated heterocycles. The van der Waals surface area contributed by atoms with Gasteiger partial charge in [0.1, 0.15) is 0 Å². The molecule has 1 atom stereocenters. The second-order valence-electron chi connectivity index (χ2n) is 5.58. The molecule has 0 aliphatic heterocycles. The fraction of sp³-hybridized carbons (Fsp3) is 0.667. The number of rotatable bonds is 5. The van der Waals surface area contributed by atoms with Crippen LogP contribution in [0, 0.1) is 12.8 Å². The first-order valence-electron chi connectivity index (χ1n) is 6.94. The fourth-order valence-corrected chi connectivity index (χ4v) is 2.84. The number of nitrogens with zero attached hydrogens (tertiary/aromatic N) is 2. The van der Waals surface area contributed by atoms with Crippen LogP contribution >= 0.6 is 0 Å². The second-order valence-corrected chi connectivity index (χ2v) is 5.58. The summed E-state index contributed by atoms with van der Waals surface area (Å²) in [5.41, 5.74) is 2.13. The zero-order valence-electron chi connectivity index (χ0n) is 11.5. The molecule has 0 aromatic carbocycles. The Morgan fingerprint density at radius 1 is 1.39 bits per heavy atom. The summed E-state index contributed by atoms with van der Waals surface area (Å²) in [6.45, 7) is 3.57. The lowest BCUT2D eigenvalue weighted by atomic mass is 10.0. The van der Waals surface area contributed by atoms with E-state index in [2.05, 4.69) is 16.9 Å². The van der Waals surface area contributed by atoms with E-state index in [1.807, 2.05) is 25.1 Å². The molecular formula is C15H24N2O. The number of aromatic nitrogens is 1. The summed E-state index contributed by atoms with van der Waals surface area (Å²) in [6.07, 6.45) is 4.77. The van der Waals surface area contributed by atoms with Crippen molar-refractivity contribution in [3.63, 3.8) is 0 Å². The van der Waals surface area contributed by atoms with Gasteiger partial charge in [0, 0.05) is 18.8 Å². The minimum absolute atomic E-state index is 0.178. The molecule has 1 aromatic rings. The van der Waals surface area contributed by atoms with Gasteiger partial charge < -0.3 is 5.11 Å². The predicted octanol–water partition coefficient (Wildman–Crippen LogP) is 2.37. The van der Waals surface area contributed by atoms with Crippen LogP contribution in [-0.2, 0) is 6.54 Å². The SMILES string of the molecule is Cc1cccc(CN(C)CC(O)C2CCCC2)n1. The first-order valence-corrected chi connectivity index (χ1v) is 6.94. The maximum atomic E-state index is 10.2. The third-order valence-corrected chi connectivity index (χ3v) is 3.82. The lowest BCUT2D eigenvalue weighted by molar-refractivity contribution is 0.0721. The zero-order chi connectivity index (χ0) is 13.0. The number of hydrogen-bond acceptors (Lipinski definition) is 3. The summed E-state index contributed by atoms with van der Waals surface area (Å²) >= 11 is 0. The average molecular weight is 248 g/mol. The van der Waals surface area contributed by atoms with Crippen LogP contribution in [0.4, 0.5) is 0 Å². The van der Waals surface area contributed by atoms with Gasteiger partial charge in [-0.15, -0.1) is 0 Å². The smallest absolute Gasteiger partial charge is 0.0695 e. The topological polar surface area (TPSA) is 36.4 Å². The zero-order valence-corrected chi connectivity index (χ0v) is 11.5. The molecule has 3 nitrogen and oxygen atoms in total. The fourth-order valence-electron chi connectivity index (χ4n) is 2.84. The van der Waals surface area contributed by atoms with E-state index in [1.54, 1.807) is 0 Å². The van der Waals surface area contributed by atoms with Gasteiger partial charge in [0.05, 0.1) is 11.8 Å². The quantitative estimate of drug-likeness (QED) is 0.869. The molecule has 1 fully saturated rings. The minimum Gasteiger partial charge on any atom is -0.392 e. The summed E-state index contributed by atoms with van der Waals surface area (Å²) < 4.78 is 0. The molecule has 0 spiro atoms. The Morgan fingerprint density at radius 2 is 2.11 bits per heavy atom. The van der Waals surface area contributed by atoms with E-state index in [9.17, 15) is 5.11 Å². The monoisotopic (exact) mass is 248 g/mol. The van der Waals surface area contributed by atoms with Crippen molar-refractivity contribution in [3.05, 3.63) is 29.6 Å². The highest BCUT2D eigenvalue weighted by molar-refractivity contribution is 5.09. The summed E-state index contributed by atoms with van der Waals surface area (Å²) in [6, 6.07) is 6.10. The molecule has 1 aliphatic rings. The first-order chi connectivity index (χ1) is 8.65. The van der Waals surface area contributed by atoms with Crippen molar-refractivity contribution in [1.29, 1.82) is 0 Å². The maximum Gasteiger partial charge on any atom is 0.0695 e. The van der Waals surface area contributed by atoms with Crippen molar-refractivity contribution in [2.24, 2.45) is 5.92 Å². The summed E-state index contributed by atoms with van der Waals surface area (Å²) in [5.74, 6) is 0.512. The molecule has 0 amide bonds. The Hall–Kier alpha value is -0.930. The van der Waals surface area contributed by atoms with E-state index >= 15 is 0 Å². The van der Waals surface area contributed by atoms with Crippen LogP contribution in [0.15, 0.2) is 18.2 Å². The number of aliphatic hydroxyl groups excluding tert-OH is 1. The molecule has 1 aliphatic carbocycles. The van der Waals surface area contributed by atoms with Crippen molar-refractivity contribution >= 4 is 0 Å². The van der Waals surface area contributed by atoms with Crippen molar-refractivity contribution in [2.45, 2.75) is 45.3 Å². The average Bonchev–Trinajstić information content (AvgIpc) is 2.81. The van der Waals surface area contributed by atoms with Crippen molar-refractivity contribution in [2.75, 3.05) is 13.6 Å². The number of aryl methyl sites for hydroxylation is 1. The third kappa shape index (κ3) is 3.79. The number of pyridine rings is 1. The van der Waals surface area contributed by atoms with Gasteiger partial charge in [-0.05, 0) is 44.9 Å². The molecule has 1 unspecified atom stereocenters. The van der Waals surface area contributed by atoms with Crippen molar-refractivity contribution in [3.8, 4) is 0 Å². The van der Waals surface area contributed by atoms with Gasteiger partial charge >= 0.3 is 0 Å². The molecule has 1 saturated carbocycles. The van der Waals surface area contributed by atoms with Gasteiger partial charge in [-0.25, -0.2) is 0 Å². The van der Waals surface area contributed by atoms with Crippen LogP contribution < -0.4 is 0 Å². The molecule has 18 heavy (non-hydrogen) atoms.